The monoisotopic (exact) mass is 420 g/mol. The van der Waals surface area contributed by atoms with Crippen LogP contribution in [0.3, 0.4) is 0 Å². The fourth-order valence-corrected chi connectivity index (χ4v) is 3.65. The average Bonchev–Trinajstić information content (AvgIpc) is 3.01. The Hall–Kier alpha value is -3.87. The highest BCUT2D eigenvalue weighted by Crippen LogP contribution is 2.40. The van der Waals surface area contributed by atoms with Gasteiger partial charge in [0.2, 0.25) is 0 Å². The number of rotatable bonds is 4. The molecule has 0 aliphatic carbocycles. The number of pyridine rings is 1. The van der Waals surface area contributed by atoms with E-state index in [1.807, 2.05) is 0 Å². The molecule has 1 aliphatic rings. The van der Waals surface area contributed by atoms with E-state index in [2.05, 4.69) is 4.98 Å². The van der Waals surface area contributed by atoms with Gasteiger partial charge in [0.1, 0.15) is 17.4 Å². The van der Waals surface area contributed by atoms with Gasteiger partial charge in [0.05, 0.1) is 23.9 Å². The number of nitrogens with zero attached hydrogens (tertiary/aromatic N) is 2. The molecule has 2 aromatic carbocycles. The molecule has 1 N–H and O–H groups in total. The van der Waals surface area contributed by atoms with Gasteiger partial charge in [0, 0.05) is 11.8 Å². The van der Waals surface area contributed by atoms with Gasteiger partial charge in [-0.3, -0.25) is 14.6 Å². The molecule has 4 rings (SSSR count). The number of amides is 1. The van der Waals surface area contributed by atoms with Crippen LogP contribution in [0.15, 0.2) is 72.4 Å². The molecule has 0 bridgehead atoms. The molecule has 2 heterocycles. The molecule has 0 saturated carbocycles. The maximum absolute atomic E-state index is 13.7. The SMILES string of the molecule is Cc1cc(/C(O)=C2/C(=O)C(=O)N(Cc3ccccn3)C2c2ccc(F)cc2)ccc1F. The van der Waals surface area contributed by atoms with Crippen LogP contribution in [0, 0.1) is 18.6 Å². The second kappa shape index (κ2) is 8.10. The van der Waals surface area contributed by atoms with Gasteiger partial charge in [-0.05, 0) is 60.5 Å². The smallest absolute Gasteiger partial charge is 0.296 e. The summed E-state index contributed by atoms with van der Waals surface area (Å²) < 4.78 is 27.2. The number of carbonyl (C=O) groups excluding carboxylic acids is 2. The third kappa shape index (κ3) is 3.82. The van der Waals surface area contributed by atoms with Crippen molar-refractivity contribution in [1.29, 1.82) is 0 Å². The molecule has 1 fully saturated rings. The maximum Gasteiger partial charge on any atom is 0.296 e. The quantitative estimate of drug-likeness (QED) is 0.388. The first kappa shape index (κ1) is 20.4. The Morgan fingerprint density at radius 1 is 1.06 bits per heavy atom. The molecule has 0 spiro atoms. The van der Waals surface area contributed by atoms with E-state index < -0.39 is 35.1 Å². The van der Waals surface area contributed by atoms with Gasteiger partial charge in [-0.15, -0.1) is 0 Å². The number of hydrogen-bond donors (Lipinski definition) is 1. The molecular formula is C24H18F2N2O3. The molecule has 5 nitrogen and oxygen atoms in total. The Bertz CT molecular complexity index is 1190. The van der Waals surface area contributed by atoms with Crippen LogP contribution in [0.1, 0.15) is 28.4 Å². The number of benzene rings is 2. The van der Waals surface area contributed by atoms with Crippen molar-refractivity contribution < 1.29 is 23.5 Å². The minimum absolute atomic E-state index is 0.0205. The van der Waals surface area contributed by atoms with Crippen LogP contribution in [0.2, 0.25) is 0 Å². The number of carbonyl (C=O) groups is 2. The molecule has 1 unspecified atom stereocenters. The second-order valence-corrected chi connectivity index (χ2v) is 7.26. The van der Waals surface area contributed by atoms with E-state index in [1.165, 1.54) is 54.3 Å². The van der Waals surface area contributed by atoms with Gasteiger partial charge in [0.15, 0.2) is 0 Å². The minimum atomic E-state index is -0.951. The number of aliphatic hydroxyl groups is 1. The molecule has 1 aliphatic heterocycles. The zero-order valence-corrected chi connectivity index (χ0v) is 16.5. The lowest BCUT2D eigenvalue weighted by Gasteiger charge is -2.25. The molecule has 1 aromatic heterocycles. The summed E-state index contributed by atoms with van der Waals surface area (Å²) in [6.45, 7) is 1.55. The van der Waals surface area contributed by atoms with Crippen molar-refractivity contribution >= 4 is 17.4 Å². The van der Waals surface area contributed by atoms with Crippen LogP contribution < -0.4 is 0 Å². The molecule has 3 aromatic rings. The van der Waals surface area contributed by atoms with E-state index in [1.54, 1.807) is 24.4 Å². The van der Waals surface area contributed by atoms with E-state index in [4.69, 9.17) is 0 Å². The van der Waals surface area contributed by atoms with Crippen molar-refractivity contribution in [3.63, 3.8) is 0 Å². The third-order valence-electron chi connectivity index (χ3n) is 5.22. The lowest BCUT2D eigenvalue weighted by Crippen LogP contribution is -2.29. The highest BCUT2D eigenvalue weighted by molar-refractivity contribution is 6.46. The lowest BCUT2D eigenvalue weighted by atomic mass is 9.94. The van der Waals surface area contributed by atoms with E-state index in [0.717, 1.165) is 0 Å². The Morgan fingerprint density at radius 2 is 1.81 bits per heavy atom. The van der Waals surface area contributed by atoms with Crippen molar-refractivity contribution in [3.8, 4) is 0 Å². The van der Waals surface area contributed by atoms with Crippen molar-refractivity contribution in [3.05, 3.63) is 106 Å². The van der Waals surface area contributed by atoms with Crippen molar-refractivity contribution in [2.45, 2.75) is 19.5 Å². The fraction of sp³-hybridized carbons (Fsp3) is 0.125. The summed E-state index contributed by atoms with van der Waals surface area (Å²) in [5, 5.41) is 11.0. The number of aryl methyl sites for hydroxylation is 1. The number of halogens is 2. The van der Waals surface area contributed by atoms with Gasteiger partial charge in [-0.25, -0.2) is 8.78 Å². The Morgan fingerprint density at radius 3 is 2.45 bits per heavy atom. The molecule has 31 heavy (non-hydrogen) atoms. The number of Topliss-reactive ketones (excluding diaryl/α,β-unsaturated/α-hetero) is 1. The van der Waals surface area contributed by atoms with Crippen molar-refractivity contribution in [1.82, 2.24) is 9.88 Å². The number of aromatic nitrogens is 1. The zero-order valence-electron chi connectivity index (χ0n) is 16.5. The first-order valence-corrected chi connectivity index (χ1v) is 9.57. The lowest BCUT2D eigenvalue weighted by molar-refractivity contribution is -0.140. The van der Waals surface area contributed by atoms with Gasteiger partial charge in [-0.2, -0.15) is 0 Å². The molecule has 1 saturated heterocycles. The van der Waals surface area contributed by atoms with Crippen LogP contribution >= 0.6 is 0 Å². The molecule has 0 radical (unpaired) electrons. The van der Waals surface area contributed by atoms with E-state index in [0.29, 0.717) is 11.3 Å². The predicted octanol–water partition coefficient (Wildman–Crippen LogP) is 4.29. The van der Waals surface area contributed by atoms with E-state index in [-0.39, 0.29) is 23.2 Å². The van der Waals surface area contributed by atoms with Crippen LogP contribution in [-0.4, -0.2) is 26.7 Å². The zero-order chi connectivity index (χ0) is 22.1. The number of likely N-dealkylation sites (tertiary alicyclic amines) is 1. The van der Waals surface area contributed by atoms with Crippen LogP contribution in [-0.2, 0) is 16.1 Å². The van der Waals surface area contributed by atoms with Crippen molar-refractivity contribution in [2.24, 2.45) is 0 Å². The van der Waals surface area contributed by atoms with Gasteiger partial charge in [0.25, 0.3) is 11.7 Å². The summed E-state index contributed by atoms with van der Waals surface area (Å²) in [5.41, 5.74) is 1.36. The summed E-state index contributed by atoms with van der Waals surface area (Å²) in [6, 6.07) is 13.5. The average molecular weight is 420 g/mol. The molecule has 1 atom stereocenters. The van der Waals surface area contributed by atoms with Gasteiger partial charge >= 0.3 is 0 Å². The highest BCUT2D eigenvalue weighted by atomic mass is 19.1. The van der Waals surface area contributed by atoms with E-state index in [9.17, 15) is 23.5 Å². The molecule has 7 heteroatoms. The first-order valence-electron chi connectivity index (χ1n) is 9.57. The maximum atomic E-state index is 13.7. The van der Waals surface area contributed by atoms with Crippen molar-refractivity contribution in [2.75, 3.05) is 0 Å². The summed E-state index contributed by atoms with van der Waals surface area (Å²) in [5.74, 6) is -3.02. The minimum Gasteiger partial charge on any atom is -0.507 e. The molecule has 156 valence electrons. The molecule has 1 amide bonds. The van der Waals surface area contributed by atoms with E-state index >= 15 is 0 Å². The molecular weight excluding hydrogens is 402 g/mol. The van der Waals surface area contributed by atoms with Crippen LogP contribution in [0.5, 0.6) is 0 Å². The van der Waals surface area contributed by atoms with Gasteiger partial charge < -0.3 is 10.0 Å². The van der Waals surface area contributed by atoms with Crippen LogP contribution in [0.4, 0.5) is 8.78 Å². The number of ketones is 1. The van der Waals surface area contributed by atoms with Crippen LogP contribution in [0.25, 0.3) is 5.76 Å². The topological polar surface area (TPSA) is 70.5 Å². The summed E-state index contributed by atoms with van der Waals surface area (Å²) in [7, 11) is 0. The largest absolute Gasteiger partial charge is 0.507 e. The number of hydrogen-bond acceptors (Lipinski definition) is 4. The predicted molar refractivity (Wildman–Crippen MR) is 110 cm³/mol. The first-order chi connectivity index (χ1) is 14.9. The van der Waals surface area contributed by atoms with Gasteiger partial charge in [-0.1, -0.05) is 18.2 Å². The standard InChI is InChI=1S/C24H18F2N2O3/c1-14-12-16(7-10-19(14)26)22(29)20-21(15-5-8-17(25)9-6-15)28(24(31)23(20)30)13-18-4-2-3-11-27-18/h2-12,21,29H,13H2,1H3/b22-20-. The normalized spacial score (nSPS) is 17.9. The summed E-state index contributed by atoms with van der Waals surface area (Å²) >= 11 is 0. The summed E-state index contributed by atoms with van der Waals surface area (Å²) in [4.78, 5) is 31.3. The Kier molecular flexibility index (Phi) is 5.33. The fourth-order valence-electron chi connectivity index (χ4n) is 3.65. The Balaban J connectivity index is 1.87. The third-order valence-corrected chi connectivity index (χ3v) is 5.22. The summed E-state index contributed by atoms with van der Waals surface area (Å²) in [6.07, 6.45) is 1.57. The Labute approximate surface area is 177 Å². The second-order valence-electron chi connectivity index (χ2n) is 7.26. The highest BCUT2D eigenvalue weighted by Gasteiger charge is 2.46. The number of aliphatic hydroxyl groups excluding tert-OH is 1.